The van der Waals surface area contributed by atoms with E-state index in [0.717, 1.165) is 0 Å². The van der Waals surface area contributed by atoms with Gasteiger partial charge in [-0.25, -0.2) is 4.39 Å². The van der Waals surface area contributed by atoms with Crippen LogP contribution in [0, 0.1) is 5.82 Å². The summed E-state index contributed by atoms with van der Waals surface area (Å²) in [4.78, 5) is 12.3. The smallest absolute Gasteiger partial charge is 0.234 e. The number of hydrogen-bond donors (Lipinski definition) is 1. The molecule has 0 spiro atoms. The molecule has 4 rings (SSSR count). The van der Waals surface area contributed by atoms with Crippen LogP contribution in [-0.4, -0.2) is 38.6 Å². The van der Waals surface area contributed by atoms with Crippen LogP contribution in [0.4, 0.5) is 10.1 Å². The lowest BCUT2D eigenvalue weighted by atomic mass is 10.2. The third-order valence-corrected chi connectivity index (χ3v) is 4.95. The number of carbonyl (C=O) groups excluding carboxylic acids is 1. The number of hydrogen-bond acceptors (Lipinski definition) is 6. The number of ether oxygens (including phenoxy) is 1. The minimum Gasteiger partial charge on any atom is -0.497 e. The number of fused-ring (bicyclic) bond motifs is 1. The van der Waals surface area contributed by atoms with Crippen LogP contribution in [0.2, 0.25) is 0 Å². The summed E-state index contributed by atoms with van der Waals surface area (Å²) in [5.41, 5.74) is 1.77. The predicted molar refractivity (Wildman–Crippen MR) is 109 cm³/mol. The van der Waals surface area contributed by atoms with Crippen molar-refractivity contribution in [3.8, 4) is 17.1 Å². The van der Waals surface area contributed by atoms with E-state index in [1.54, 1.807) is 55.6 Å². The Morgan fingerprint density at radius 2 is 2.00 bits per heavy atom. The van der Waals surface area contributed by atoms with E-state index in [4.69, 9.17) is 4.74 Å². The number of methoxy groups -OCH3 is 1. The van der Waals surface area contributed by atoms with Gasteiger partial charge in [0.2, 0.25) is 5.91 Å². The fourth-order valence-corrected chi connectivity index (χ4v) is 3.35. The molecule has 0 unspecified atom stereocenters. The lowest BCUT2D eigenvalue weighted by Gasteiger charge is -2.07. The van der Waals surface area contributed by atoms with Gasteiger partial charge in [-0.1, -0.05) is 30.0 Å². The van der Waals surface area contributed by atoms with Crippen LogP contribution >= 0.6 is 11.8 Å². The number of aromatic nitrogens is 4. The Bertz CT molecular complexity index is 1180. The highest BCUT2D eigenvalue weighted by molar-refractivity contribution is 7.99. The molecule has 0 saturated carbocycles. The molecule has 0 aliphatic heterocycles. The molecule has 2 heterocycles. The second-order valence-corrected chi connectivity index (χ2v) is 7.04. The van der Waals surface area contributed by atoms with Gasteiger partial charge in [-0.15, -0.1) is 10.2 Å². The van der Waals surface area contributed by atoms with Crippen molar-refractivity contribution in [3.63, 3.8) is 0 Å². The normalized spacial score (nSPS) is 10.8. The SMILES string of the molecule is COc1cccc(NC(=O)CSc2ccc3nnc(-c4cccc(F)c4)n3n2)c1. The van der Waals surface area contributed by atoms with Gasteiger partial charge < -0.3 is 10.1 Å². The molecular weight excluding hydrogens is 393 g/mol. The van der Waals surface area contributed by atoms with Crippen LogP contribution in [0.15, 0.2) is 65.7 Å². The van der Waals surface area contributed by atoms with E-state index < -0.39 is 0 Å². The lowest BCUT2D eigenvalue weighted by Crippen LogP contribution is -2.14. The summed E-state index contributed by atoms with van der Waals surface area (Å²) >= 11 is 1.28. The topological polar surface area (TPSA) is 81.4 Å². The molecule has 0 bridgehead atoms. The Morgan fingerprint density at radius 3 is 2.83 bits per heavy atom. The van der Waals surface area contributed by atoms with Crippen LogP contribution in [0.3, 0.4) is 0 Å². The second kappa shape index (κ2) is 8.27. The van der Waals surface area contributed by atoms with Gasteiger partial charge in [0.1, 0.15) is 16.6 Å². The first-order chi connectivity index (χ1) is 14.1. The average Bonchev–Trinajstić information content (AvgIpc) is 3.16. The maximum Gasteiger partial charge on any atom is 0.234 e. The first-order valence-corrected chi connectivity index (χ1v) is 9.66. The predicted octanol–water partition coefficient (Wildman–Crippen LogP) is 3.67. The third-order valence-electron chi connectivity index (χ3n) is 4.03. The van der Waals surface area contributed by atoms with Gasteiger partial charge in [0.05, 0.1) is 12.9 Å². The summed E-state index contributed by atoms with van der Waals surface area (Å²) in [6, 6.07) is 16.7. The molecule has 1 N–H and O–H groups in total. The van der Waals surface area contributed by atoms with Gasteiger partial charge in [-0.2, -0.15) is 9.61 Å². The lowest BCUT2D eigenvalue weighted by molar-refractivity contribution is -0.113. The number of thioether (sulfide) groups is 1. The second-order valence-electron chi connectivity index (χ2n) is 6.04. The molecule has 0 radical (unpaired) electrons. The van der Waals surface area contributed by atoms with Crippen molar-refractivity contribution in [2.75, 3.05) is 18.2 Å². The first-order valence-electron chi connectivity index (χ1n) is 8.67. The van der Waals surface area contributed by atoms with Crippen LogP contribution in [-0.2, 0) is 4.79 Å². The number of nitrogens with one attached hydrogen (secondary N) is 1. The van der Waals surface area contributed by atoms with E-state index >= 15 is 0 Å². The molecule has 0 atom stereocenters. The van der Waals surface area contributed by atoms with Crippen LogP contribution < -0.4 is 10.1 Å². The molecule has 146 valence electrons. The maximum absolute atomic E-state index is 13.5. The molecule has 0 aliphatic rings. The molecule has 4 aromatic rings. The largest absolute Gasteiger partial charge is 0.497 e. The Kier molecular flexibility index (Phi) is 5.39. The van der Waals surface area contributed by atoms with Gasteiger partial charge in [-0.05, 0) is 36.4 Å². The van der Waals surface area contributed by atoms with E-state index in [1.807, 2.05) is 0 Å². The van der Waals surface area contributed by atoms with Gasteiger partial charge in [0.15, 0.2) is 11.5 Å². The van der Waals surface area contributed by atoms with E-state index in [2.05, 4.69) is 20.6 Å². The number of amides is 1. The Morgan fingerprint density at radius 1 is 1.14 bits per heavy atom. The molecule has 7 nitrogen and oxygen atoms in total. The van der Waals surface area contributed by atoms with Crippen LogP contribution in [0.25, 0.3) is 17.0 Å². The first kappa shape index (κ1) is 18.9. The summed E-state index contributed by atoms with van der Waals surface area (Å²) in [5, 5.41) is 16.1. The highest BCUT2D eigenvalue weighted by Crippen LogP contribution is 2.22. The number of anilines is 1. The molecule has 1 amide bonds. The zero-order valence-electron chi connectivity index (χ0n) is 15.4. The van der Waals surface area contributed by atoms with Gasteiger partial charge in [-0.3, -0.25) is 4.79 Å². The number of halogens is 1. The van der Waals surface area contributed by atoms with Crippen molar-refractivity contribution in [2.24, 2.45) is 0 Å². The van der Waals surface area contributed by atoms with E-state index in [1.165, 1.54) is 28.4 Å². The van der Waals surface area contributed by atoms with Crippen molar-refractivity contribution in [1.82, 2.24) is 19.8 Å². The summed E-state index contributed by atoms with van der Waals surface area (Å²) in [7, 11) is 1.57. The highest BCUT2D eigenvalue weighted by Gasteiger charge is 2.12. The maximum atomic E-state index is 13.5. The number of nitrogens with zero attached hydrogens (tertiary/aromatic N) is 4. The summed E-state index contributed by atoms with van der Waals surface area (Å²) < 4.78 is 20.2. The minimum atomic E-state index is -0.362. The zero-order chi connectivity index (χ0) is 20.2. The van der Waals surface area contributed by atoms with Gasteiger partial charge in [0.25, 0.3) is 0 Å². The Hall–Kier alpha value is -3.46. The van der Waals surface area contributed by atoms with Crippen molar-refractivity contribution in [2.45, 2.75) is 5.03 Å². The third kappa shape index (κ3) is 4.35. The van der Waals surface area contributed by atoms with Crippen LogP contribution in [0.1, 0.15) is 0 Å². The molecule has 2 aromatic heterocycles. The molecule has 2 aromatic carbocycles. The molecule has 0 saturated heterocycles. The fraction of sp³-hybridized carbons (Fsp3) is 0.100. The highest BCUT2D eigenvalue weighted by atomic mass is 32.2. The van der Waals surface area contributed by atoms with Crippen LogP contribution in [0.5, 0.6) is 5.75 Å². The van der Waals surface area contributed by atoms with E-state index in [9.17, 15) is 9.18 Å². The fourth-order valence-electron chi connectivity index (χ4n) is 2.69. The monoisotopic (exact) mass is 409 g/mol. The van der Waals surface area contributed by atoms with Crippen molar-refractivity contribution in [1.29, 1.82) is 0 Å². The summed E-state index contributed by atoms with van der Waals surface area (Å²) in [6.07, 6.45) is 0. The van der Waals surface area contributed by atoms with Crippen molar-refractivity contribution < 1.29 is 13.9 Å². The van der Waals surface area contributed by atoms with Crippen molar-refractivity contribution in [3.05, 3.63) is 66.5 Å². The quantitative estimate of drug-likeness (QED) is 0.490. The minimum absolute atomic E-state index is 0.167. The summed E-state index contributed by atoms with van der Waals surface area (Å²) in [5.74, 6) is 0.744. The molecular formula is C20H16FN5O2S. The standard InChI is InChI=1S/C20H16FN5O2S/c1-28-16-7-3-6-15(11-16)22-18(27)12-29-19-9-8-17-23-24-20(26(17)25-19)13-4-2-5-14(21)10-13/h2-11H,12H2,1H3,(H,22,27). The Labute approximate surface area is 169 Å². The average molecular weight is 409 g/mol. The zero-order valence-corrected chi connectivity index (χ0v) is 16.2. The molecule has 29 heavy (non-hydrogen) atoms. The summed E-state index contributed by atoms with van der Waals surface area (Å²) in [6.45, 7) is 0. The number of benzene rings is 2. The molecule has 9 heteroatoms. The van der Waals surface area contributed by atoms with Crippen molar-refractivity contribution >= 4 is 29.0 Å². The molecule has 0 aliphatic carbocycles. The Balaban J connectivity index is 1.48. The van der Waals surface area contributed by atoms with E-state index in [-0.39, 0.29) is 17.5 Å². The number of carbonyl (C=O) groups is 1. The molecule has 0 fully saturated rings. The van der Waals surface area contributed by atoms with Gasteiger partial charge in [0, 0.05) is 17.3 Å². The van der Waals surface area contributed by atoms with Gasteiger partial charge >= 0.3 is 0 Å². The number of rotatable bonds is 6. The van der Waals surface area contributed by atoms with E-state index in [0.29, 0.717) is 33.5 Å².